The number of halogens is 2. The molecule has 0 radical (unpaired) electrons. The van der Waals surface area contributed by atoms with Crippen molar-refractivity contribution in [1.82, 2.24) is 20.4 Å². The molecule has 0 bridgehead atoms. The highest BCUT2D eigenvalue weighted by Crippen LogP contribution is 2.22. The molecule has 0 atom stereocenters. The highest BCUT2D eigenvalue weighted by atomic mass is 127. The Bertz CT molecular complexity index is 910. The van der Waals surface area contributed by atoms with Crippen molar-refractivity contribution in [1.29, 1.82) is 0 Å². The number of hydrogen-bond acceptors (Lipinski definition) is 3. The molecule has 6 nitrogen and oxygen atoms in total. The van der Waals surface area contributed by atoms with Crippen LogP contribution in [0.4, 0.5) is 4.39 Å². The normalized spacial score (nSPS) is 10.9. The van der Waals surface area contributed by atoms with Crippen LogP contribution < -0.4 is 15.4 Å². The zero-order valence-corrected chi connectivity index (χ0v) is 18.8. The molecule has 1 heterocycles. The molecule has 2 N–H and O–H groups in total. The first-order valence-corrected chi connectivity index (χ1v) is 9.15. The predicted molar refractivity (Wildman–Crippen MR) is 123 cm³/mol. The number of guanidine groups is 1. The summed E-state index contributed by atoms with van der Waals surface area (Å²) in [6.45, 7) is 3.99. The lowest BCUT2D eigenvalue weighted by atomic mass is 10.2. The van der Waals surface area contributed by atoms with E-state index in [-0.39, 0.29) is 29.8 Å². The lowest BCUT2D eigenvalue weighted by molar-refractivity contribution is 0.480. The second-order valence-electron chi connectivity index (χ2n) is 6.19. The van der Waals surface area contributed by atoms with E-state index in [1.165, 1.54) is 12.1 Å². The third-order valence-corrected chi connectivity index (χ3v) is 4.10. The number of hydrogen-bond donors (Lipinski definition) is 2. The molecule has 8 heteroatoms. The predicted octanol–water partition coefficient (Wildman–Crippen LogP) is 4.22. The Morgan fingerprint density at radius 3 is 2.28 bits per heavy atom. The lowest BCUT2D eigenvalue weighted by Gasteiger charge is -2.11. The van der Waals surface area contributed by atoms with E-state index in [1.807, 2.05) is 49.0 Å². The molecule has 3 rings (SSSR count). The number of nitrogens with one attached hydrogen (secondary N) is 2. The number of rotatable bonds is 7. The summed E-state index contributed by atoms with van der Waals surface area (Å²) in [5.74, 6) is 1.76. The zero-order chi connectivity index (χ0) is 19.8. The Labute approximate surface area is 187 Å². The van der Waals surface area contributed by atoms with Gasteiger partial charge in [0.2, 0.25) is 0 Å². The number of aliphatic imine (C=N–C) groups is 1. The molecule has 0 spiro atoms. The molecule has 154 valence electrons. The van der Waals surface area contributed by atoms with Crippen LogP contribution in [-0.4, -0.2) is 22.3 Å². The molecule has 0 amide bonds. The van der Waals surface area contributed by atoms with Crippen molar-refractivity contribution in [3.8, 4) is 11.5 Å². The molecule has 2 aromatic carbocycles. The smallest absolute Gasteiger partial charge is 0.191 e. The van der Waals surface area contributed by atoms with Gasteiger partial charge in [-0.25, -0.2) is 9.38 Å². The maximum atomic E-state index is 13.0. The Hall–Kier alpha value is -2.62. The van der Waals surface area contributed by atoms with Gasteiger partial charge in [-0.3, -0.25) is 4.68 Å². The minimum Gasteiger partial charge on any atom is -0.457 e. The average molecular weight is 509 g/mol. The van der Waals surface area contributed by atoms with Crippen molar-refractivity contribution >= 4 is 29.9 Å². The van der Waals surface area contributed by atoms with Crippen LogP contribution >= 0.6 is 24.0 Å². The summed E-state index contributed by atoms with van der Waals surface area (Å²) in [6.07, 6.45) is 1.77. The fourth-order valence-electron chi connectivity index (χ4n) is 2.56. The Morgan fingerprint density at radius 1 is 1.03 bits per heavy atom. The molecule has 0 saturated carbocycles. The van der Waals surface area contributed by atoms with Crippen LogP contribution in [0.15, 0.2) is 65.8 Å². The van der Waals surface area contributed by atoms with Gasteiger partial charge in [0.25, 0.3) is 0 Å². The molecule has 0 saturated heterocycles. The first kappa shape index (κ1) is 22.7. The summed E-state index contributed by atoms with van der Waals surface area (Å²) >= 11 is 0. The molecule has 0 fully saturated rings. The maximum absolute atomic E-state index is 13.0. The largest absolute Gasteiger partial charge is 0.457 e. The molecule has 29 heavy (non-hydrogen) atoms. The quantitative estimate of drug-likeness (QED) is 0.285. The molecule has 0 aliphatic rings. The number of aromatic nitrogens is 2. The highest BCUT2D eigenvalue weighted by molar-refractivity contribution is 14.0. The van der Waals surface area contributed by atoms with E-state index >= 15 is 0 Å². The zero-order valence-electron chi connectivity index (χ0n) is 16.4. The van der Waals surface area contributed by atoms with Crippen molar-refractivity contribution in [3.05, 3.63) is 77.9 Å². The summed E-state index contributed by atoms with van der Waals surface area (Å²) in [5.41, 5.74) is 2.14. The van der Waals surface area contributed by atoms with Crippen LogP contribution in [0.2, 0.25) is 0 Å². The van der Waals surface area contributed by atoms with Gasteiger partial charge in [-0.15, -0.1) is 24.0 Å². The van der Waals surface area contributed by atoms with E-state index < -0.39 is 0 Å². The summed E-state index contributed by atoms with van der Waals surface area (Å²) in [7, 11) is 1.91. The van der Waals surface area contributed by atoms with Gasteiger partial charge in [0.15, 0.2) is 5.96 Å². The highest BCUT2D eigenvalue weighted by Gasteiger charge is 2.02. The van der Waals surface area contributed by atoms with Crippen LogP contribution in [0, 0.1) is 5.82 Å². The summed E-state index contributed by atoms with van der Waals surface area (Å²) in [6, 6.07) is 15.6. The van der Waals surface area contributed by atoms with E-state index in [9.17, 15) is 4.39 Å². The summed E-state index contributed by atoms with van der Waals surface area (Å²) in [4.78, 5) is 4.62. The third kappa shape index (κ3) is 7.04. The van der Waals surface area contributed by atoms with E-state index in [1.54, 1.807) is 18.3 Å². The Balaban J connectivity index is 0.00000300. The Morgan fingerprint density at radius 2 is 1.69 bits per heavy atom. The fourth-order valence-corrected chi connectivity index (χ4v) is 2.56. The number of ether oxygens (including phenoxy) is 1. The van der Waals surface area contributed by atoms with E-state index in [4.69, 9.17) is 4.74 Å². The van der Waals surface area contributed by atoms with Crippen molar-refractivity contribution in [2.24, 2.45) is 12.0 Å². The molecule has 0 aliphatic heterocycles. The summed E-state index contributed by atoms with van der Waals surface area (Å²) in [5, 5.41) is 10.7. The molecular formula is C21H25FIN5O. The van der Waals surface area contributed by atoms with Crippen molar-refractivity contribution < 1.29 is 9.13 Å². The molecule has 0 aliphatic carbocycles. The van der Waals surface area contributed by atoms with Crippen LogP contribution in [0.5, 0.6) is 11.5 Å². The summed E-state index contributed by atoms with van der Waals surface area (Å²) < 4.78 is 20.5. The van der Waals surface area contributed by atoms with Crippen LogP contribution in [0.25, 0.3) is 0 Å². The standard InChI is InChI=1S/C21H24FN5O.HI/c1-3-23-21(25-15-18-12-13-26-27(18)2)24-14-16-4-8-19(9-5-16)28-20-10-6-17(22)7-11-20;/h4-13H,3,14-15H2,1-2H3,(H2,23,24,25);1H. The Kier molecular flexibility index (Phi) is 8.91. The molecule has 3 aromatic rings. The minimum absolute atomic E-state index is 0. The van der Waals surface area contributed by atoms with Gasteiger partial charge in [-0.05, 0) is 55.0 Å². The van der Waals surface area contributed by atoms with Crippen molar-refractivity contribution in [2.75, 3.05) is 6.54 Å². The SMILES string of the molecule is CCNC(=NCc1ccc(Oc2ccc(F)cc2)cc1)NCc1ccnn1C.I. The van der Waals surface area contributed by atoms with Gasteiger partial charge in [-0.1, -0.05) is 12.1 Å². The van der Waals surface area contributed by atoms with E-state index in [2.05, 4.69) is 20.7 Å². The van der Waals surface area contributed by atoms with Gasteiger partial charge >= 0.3 is 0 Å². The number of nitrogens with zero attached hydrogens (tertiary/aromatic N) is 3. The van der Waals surface area contributed by atoms with Gasteiger partial charge in [0, 0.05) is 19.8 Å². The van der Waals surface area contributed by atoms with Crippen LogP contribution in [0.3, 0.4) is 0 Å². The maximum Gasteiger partial charge on any atom is 0.191 e. The second kappa shape index (κ2) is 11.4. The van der Waals surface area contributed by atoms with Crippen LogP contribution in [-0.2, 0) is 20.1 Å². The molecule has 1 aromatic heterocycles. The van der Waals surface area contributed by atoms with Gasteiger partial charge in [0.05, 0.1) is 18.8 Å². The second-order valence-corrected chi connectivity index (χ2v) is 6.19. The fraction of sp³-hybridized carbons (Fsp3) is 0.238. The third-order valence-electron chi connectivity index (χ3n) is 4.10. The first-order valence-electron chi connectivity index (χ1n) is 9.15. The van der Waals surface area contributed by atoms with Gasteiger partial charge in [-0.2, -0.15) is 5.10 Å². The molecule has 0 unspecified atom stereocenters. The lowest BCUT2D eigenvalue weighted by Crippen LogP contribution is -2.37. The molecular weight excluding hydrogens is 484 g/mol. The van der Waals surface area contributed by atoms with E-state index in [0.29, 0.717) is 24.6 Å². The van der Waals surface area contributed by atoms with Gasteiger partial charge in [0.1, 0.15) is 17.3 Å². The van der Waals surface area contributed by atoms with Crippen molar-refractivity contribution in [3.63, 3.8) is 0 Å². The van der Waals surface area contributed by atoms with Crippen LogP contribution in [0.1, 0.15) is 18.2 Å². The topological polar surface area (TPSA) is 63.5 Å². The van der Waals surface area contributed by atoms with E-state index in [0.717, 1.165) is 23.8 Å². The monoisotopic (exact) mass is 509 g/mol. The first-order chi connectivity index (χ1) is 13.6. The minimum atomic E-state index is -0.283. The van der Waals surface area contributed by atoms with Crippen molar-refractivity contribution in [2.45, 2.75) is 20.0 Å². The number of aryl methyl sites for hydroxylation is 1. The van der Waals surface area contributed by atoms with Gasteiger partial charge < -0.3 is 15.4 Å². The number of benzene rings is 2. The average Bonchev–Trinajstić information content (AvgIpc) is 3.12.